The zero-order chi connectivity index (χ0) is 20.6. The van der Waals surface area contributed by atoms with Crippen molar-refractivity contribution >= 4 is 34.8 Å². The topological polar surface area (TPSA) is 61.4 Å². The fourth-order valence-corrected chi connectivity index (χ4v) is 3.06. The Morgan fingerprint density at radius 1 is 0.897 bits per heavy atom. The first-order valence-electron chi connectivity index (χ1n) is 9.20. The Morgan fingerprint density at radius 3 is 2.38 bits per heavy atom. The van der Waals surface area contributed by atoms with Gasteiger partial charge in [0.2, 0.25) is 5.91 Å². The van der Waals surface area contributed by atoms with Crippen molar-refractivity contribution in [3.63, 3.8) is 0 Å². The molecule has 0 saturated heterocycles. The number of rotatable bonds is 7. The second-order valence-electron chi connectivity index (χ2n) is 6.64. The first-order chi connectivity index (χ1) is 14.0. The summed E-state index contributed by atoms with van der Waals surface area (Å²) in [6.07, 6.45) is 0. The highest BCUT2D eigenvalue weighted by Crippen LogP contribution is 2.16. The predicted molar refractivity (Wildman–Crippen MR) is 117 cm³/mol. The van der Waals surface area contributed by atoms with Gasteiger partial charge in [-0.2, -0.15) is 0 Å². The molecule has 0 heterocycles. The molecule has 0 spiro atoms. The Hall–Kier alpha value is -3.31. The maximum Gasteiger partial charge on any atom is 0.253 e. The van der Waals surface area contributed by atoms with Crippen molar-refractivity contribution in [2.24, 2.45) is 0 Å². The summed E-state index contributed by atoms with van der Waals surface area (Å²) in [4.78, 5) is 26.5. The van der Waals surface area contributed by atoms with E-state index in [-0.39, 0.29) is 18.4 Å². The van der Waals surface area contributed by atoms with E-state index in [1.807, 2.05) is 36.4 Å². The van der Waals surface area contributed by atoms with E-state index in [2.05, 4.69) is 10.6 Å². The third kappa shape index (κ3) is 6.09. The molecule has 148 valence electrons. The van der Waals surface area contributed by atoms with Crippen LogP contribution in [0.25, 0.3) is 0 Å². The van der Waals surface area contributed by atoms with Gasteiger partial charge in [0, 0.05) is 35.6 Å². The molecule has 0 saturated carbocycles. The van der Waals surface area contributed by atoms with Crippen molar-refractivity contribution in [2.75, 3.05) is 24.2 Å². The molecule has 29 heavy (non-hydrogen) atoms. The number of hydrogen-bond donors (Lipinski definition) is 2. The van der Waals surface area contributed by atoms with Crippen LogP contribution in [0.4, 0.5) is 11.4 Å². The minimum atomic E-state index is -0.204. The molecule has 2 amide bonds. The maximum absolute atomic E-state index is 12.7. The summed E-state index contributed by atoms with van der Waals surface area (Å²) in [5.41, 5.74) is 2.96. The van der Waals surface area contributed by atoms with Gasteiger partial charge in [0.15, 0.2) is 0 Å². The van der Waals surface area contributed by atoms with Crippen LogP contribution in [0.2, 0.25) is 5.02 Å². The molecular weight excluding hydrogens is 386 g/mol. The molecule has 0 radical (unpaired) electrons. The summed E-state index contributed by atoms with van der Waals surface area (Å²) in [5.74, 6) is -0.286. The molecule has 0 aliphatic heterocycles. The van der Waals surface area contributed by atoms with Crippen LogP contribution in [0.3, 0.4) is 0 Å². The average Bonchev–Trinajstić information content (AvgIpc) is 2.72. The van der Waals surface area contributed by atoms with Gasteiger partial charge in [0.05, 0.1) is 6.54 Å². The average molecular weight is 408 g/mol. The van der Waals surface area contributed by atoms with Gasteiger partial charge in [0.1, 0.15) is 0 Å². The normalized spacial score (nSPS) is 10.3. The van der Waals surface area contributed by atoms with E-state index in [0.717, 1.165) is 5.56 Å². The minimum Gasteiger partial charge on any atom is -0.376 e. The van der Waals surface area contributed by atoms with E-state index < -0.39 is 0 Å². The maximum atomic E-state index is 12.7. The Labute approximate surface area is 175 Å². The first kappa shape index (κ1) is 20.4. The van der Waals surface area contributed by atoms with Crippen LogP contribution in [0.5, 0.6) is 0 Å². The van der Waals surface area contributed by atoms with Crippen LogP contribution in [0.15, 0.2) is 78.9 Å². The molecule has 0 aromatic heterocycles. The lowest BCUT2D eigenvalue weighted by atomic mass is 10.1. The Bertz CT molecular complexity index is 992. The van der Waals surface area contributed by atoms with Crippen LogP contribution < -0.4 is 10.6 Å². The van der Waals surface area contributed by atoms with E-state index >= 15 is 0 Å². The SMILES string of the molecule is CN(Cc1ccccc1)C(=O)c1cccc(NCC(=O)Nc2cccc(Cl)c2)c1. The standard InChI is InChI=1S/C23H22ClN3O2/c1-27(16-17-7-3-2-4-8-17)23(29)18-9-5-11-20(13-18)25-15-22(28)26-21-12-6-10-19(24)14-21/h2-14,25H,15-16H2,1H3,(H,26,28). The molecule has 0 aliphatic carbocycles. The van der Waals surface area contributed by atoms with Crippen molar-refractivity contribution in [3.8, 4) is 0 Å². The molecule has 3 aromatic carbocycles. The molecule has 0 bridgehead atoms. The largest absolute Gasteiger partial charge is 0.376 e. The van der Waals surface area contributed by atoms with Crippen molar-refractivity contribution in [3.05, 3.63) is 95.0 Å². The molecule has 0 aliphatic rings. The molecule has 0 fully saturated rings. The molecule has 3 rings (SSSR count). The monoisotopic (exact) mass is 407 g/mol. The van der Waals surface area contributed by atoms with E-state index in [9.17, 15) is 9.59 Å². The number of nitrogens with zero attached hydrogens (tertiary/aromatic N) is 1. The summed E-state index contributed by atoms with van der Waals surface area (Å²) in [5, 5.41) is 6.38. The number of hydrogen-bond acceptors (Lipinski definition) is 3. The molecule has 2 N–H and O–H groups in total. The Balaban J connectivity index is 1.57. The third-order valence-corrected chi connectivity index (χ3v) is 4.52. The Kier molecular flexibility index (Phi) is 6.87. The number of amides is 2. The van der Waals surface area contributed by atoms with Crippen molar-refractivity contribution in [2.45, 2.75) is 6.54 Å². The van der Waals surface area contributed by atoms with Gasteiger partial charge < -0.3 is 15.5 Å². The zero-order valence-electron chi connectivity index (χ0n) is 16.1. The minimum absolute atomic E-state index is 0.0734. The first-order valence-corrected chi connectivity index (χ1v) is 9.58. The van der Waals surface area contributed by atoms with Gasteiger partial charge in [-0.1, -0.05) is 54.1 Å². The molecular formula is C23H22ClN3O2. The molecule has 6 heteroatoms. The quantitative estimate of drug-likeness (QED) is 0.598. The molecule has 5 nitrogen and oxygen atoms in total. The van der Waals surface area contributed by atoms with E-state index in [1.54, 1.807) is 54.4 Å². The predicted octanol–water partition coefficient (Wildman–Crippen LogP) is 4.66. The highest BCUT2D eigenvalue weighted by Gasteiger charge is 2.13. The van der Waals surface area contributed by atoms with Crippen LogP contribution in [0.1, 0.15) is 15.9 Å². The fraction of sp³-hybridized carbons (Fsp3) is 0.130. The Morgan fingerprint density at radius 2 is 1.62 bits per heavy atom. The number of nitrogens with one attached hydrogen (secondary N) is 2. The second kappa shape index (κ2) is 9.75. The zero-order valence-corrected chi connectivity index (χ0v) is 16.8. The summed E-state index contributed by atoms with van der Waals surface area (Å²) in [6.45, 7) is 0.601. The summed E-state index contributed by atoms with van der Waals surface area (Å²) in [7, 11) is 1.77. The van der Waals surface area contributed by atoms with E-state index in [1.165, 1.54) is 0 Å². The smallest absolute Gasteiger partial charge is 0.253 e. The van der Waals surface area contributed by atoms with Gasteiger partial charge >= 0.3 is 0 Å². The van der Waals surface area contributed by atoms with Gasteiger partial charge in [-0.15, -0.1) is 0 Å². The van der Waals surface area contributed by atoms with Crippen molar-refractivity contribution < 1.29 is 9.59 Å². The molecule has 0 atom stereocenters. The van der Waals surface area contributed by atoms with Gasteiger partial charge in [-0.3, -0.25) is 9.59 Å². The van der Waals surface area contributed by atoms with Crippen LogP contribution in [0, 0.1) is 0 Å². The van der Waals surface area contributed by atoms with Crippen LogP contribution in [-0.2, 0) is 11.3 Å². The second-order valence-corrected chi connectivity index (χ2v) is 7.08. The molecule has 0 unspecified atom stereocenters. The third-order valence-electron chi connectivity index (χ3n) is 4.28. The van der Waals surface area contributed by atoms with E-state index in [0.29, 0.717) is 28.5 Å². The highest BCUT2D eigenvalue weighted by atomic mass is 35.5. The molecule has 3 aromatic rings. The fourth-order valence-electron chi connectivity index (χ4n) is 2.87. The van der Waals surface area contributed by atoms with E-state index in [4.69, 9.17) is 11.6 Å². The number of halogens is 1. The van der Waals surface area contributed by atoms with Crippen molar-refractivity contribution in [1.82, 2.24) is 4.90 Å². The van der Waals surface area contributed by atoms with Crippen LogP contribution >= 0.6 is 11.6 Å². The lowest BCUT2D eigenvalue weighted by Crippen LogP contribution is -2.26. The van der Waals surface area contributed by atoms with Crippen LogP contribution in [-0.4, -0.2) is 30.3 Å². The number of carbonyl (C=O) groups is 2. The lowest BCUT2D eigenvalue weighted by Gasteiger charge is -2.18. The number of benzene rings is 3. The van der Waals surface area contributed by atoms with Crippen molar-refractivity contribution in [1.29, 1.82) is 0 Å². The lowest BCUT2D eigenvalue weighted by molar-refractivity contribution is -0.114. The van der Waals surface area contributed by atoms with Gasteiger partial charge in [-0.05, 0) is 42.0 Å². The summed E-state index contributed by atoms with van der Waals surface area (Å²) in [6, 6.07) is 23.9. The summed E-state index contributed by atoms with van der Waals surface area (Å²) >= 11 is 5.92. The summed E-state index contributed by atoms with van der Waals surface area (Å²) < 4.78 is 0. The number of carbonyl (C=O) groups excluding carboxylic acids is 2. The highest BCUT2D eigenvalue weighted by molar-refractivity contribution is 6.30. The van der Waals surface area contributed by atoms with Gasteiger partial charge in [-0.25, -0.2) is 0 Å². The van der Waals surface area contributed by atoms with Gasteiger partial charge in [0.25, 0.3) is 5.91 Å². The number of anilines is 2.